The first-order valence-corrected chi connectivity index (χ1v) is 7.63. The number of benzene rings is 3. The van der Waals surface area contributed by atoms with E-state index in [-0.39, 0.29) is 6.10 Å². The van der Waals surface area contributed by atoms with Crippen LogP contribution in [0, 0.1) is 0 Å². The topological polar surface area (TPSA) is 18.5 Å². The van der Waals surface area contributed by atoms with Gasteiger partial charge >= 0.3 is 0 Å². The third-order valence-electron chi connectivity index (χ3n) is 4.41. The second-order valence-corrected chi connectivity index (χ2v) is 5.60. The molecule has 0 radical (unpaired) electrons. The zero-order valence-electron chi connectivity index (χ0n) is 12.6. The van der Waals surface area contributed by atoms with Crippen LogP contribution in [0.4, 0.5) is 0 Å². The van der Waals surface area contributed by atoms with E-state index in [1.165, 1.54) is 22.1 Å². The molecule has 22 heavy (non-hydrogen) atoms. The normalized spacial score (nSPS) is 17.2. The van der Waals surface area contributed by atoms with E-state index in [0.29, 0.717) is 0 Å². The second-order valence-electron chi connectivity index (χ2n) is 5.60. The zero-order chi connectivity index (χ0) is 14.9. The quantitative estimate of drug-likeness (QED) is 0.691. The molecule has 0 amide bonds. The fourth-order valence-electron chi connectivity index (χ4n) is 3.35. The average Bonchev–Trinajstić information content (AvgIpc) is 2.60. The molecule has 1 aliphatic heterocycles. The van der Waals surface area contributed by atoms with Crippen LogP contribution in [0.5, 0.6) is 5.75 Å². The Balaban J connectivity index is 1.93. The van der Waals surface area contributed by atoms with Crippen molar-refractivity contribution in [2.45, 2.75) is 12.5 Å². The lowest BCUT2D eigenvalue weighted by atomic mass is 9.90. The molecule has 2 nitrogen and oxygen atoms in total. The van der Waals surface area contributed by atoms with Crippen LogP contribution in [0.25, 0.3) is 10.8 Å². The number of hydrogen-bond acceptors (Lipinski definition) is 2. The number of hydrogen-bond donors (Lipinski definition) is 0. The highest BCUT2D eigenvalue weighted by molar-refractivity contribution is 5.91. The highest BCUT2D eigenvalue weighted by atomic mass is 16.5. The Hall–Kier alpha value is -2.32. The molecule has 0 fully saturated rings. The lowest BCUT2D eigenvalue weighted by Crippen LogP contribution is -2.17. The minimum absolute atomic E-state index is 0.000700. The largest absolute Gasteiger partial charge is 0.496 e. The fraction of sp³-hybridized carbons (Fsp3) is 0.200. The van der Waals surface area contributed by atoms with Crippen LogP contribution in [0.3, 0.4) is 0 Å². The van der Waals surface area contributed by atoms with Crippen molar-refractivity contribution >= 4 is 10.8 Å². The van der Waals surface area contributed by atoms with Gasteiger partial charge in [-0.1, -0.05) is 54.6 Å². The second kappa shape index (κ2) is 5.47. The van der Waals surface area contributed by atoms with Gasteiger partial charge in [-0.25, -0.2) is 0 Å². The summed E-state index contributed by atoms with van der Waals surface area (Å²) in [6, 6.07) is 21.1. The Kier molecular flexibility index (Phi) is 3.32. The minimum atomic E-state index is 0.000700. The van der Waals surface area contributed by atoms with Gasteiger partial charge in [0.15, 0.2) is 0 Å². The molecule has 0 saturated heterocycles. The predicted molar refractivity (Wildman–Crippen MR) is 88.4 cm³/mol. The smallest absolute Gasteiger partial charge is 0.126 e. The maximum Gasteiger partial charge on any atom is 0.126 e. The molecule has 0 spiro atoms. The number of rotatable bonds is 2. The number of fused-ring (bicyclic) bond motifs is 2. The van der Waals surface area contributed by atoms with Gasteiger partial charge in [0.25, 0.3) is 0 Å². The van der Waals surface area contributed by atoms with Crippen molar-refractivity contribution in [1.82, 2.24) is 0 Å². The summed E-state index contributed by atoms with van der Waals surface area (Å²) in [4.78, 5) is 0. The predicted octanol–water partition coefficient (Wildman–Crippen LogP) is 4.51. The van der Waals surface area contributed by atoms with Crippen LogP contribution in [0.15, 0.2) is 60.7 Å². The summed E-state index contributed by atoms with van der Waals surface area (Å²) in [7, 11) is 1.72. The van der Waals surface area contributed by atoms with E-state index in [2.05, 4.69) is 48.5 Å². The Morgan fingerprint density at radius 1 is 0.864 bits per heavy atom. The van der Waals surface area contributed by atoms with Gasteiger partial charge in [-0.2, -0.15) is 0 Å². The molecule has 4 rings (SSSR count). The van der Waals surface area contributed by atoms with E-state index in [4.69, 9.17) is 9.47 Å². The Morgan fingerprint density at radius 3 is 2.50 bits per heavy atom. The van der Waals surface area contributed by atoms with Gasteiger partial charge in [0.05, 0.1) is 13.7 Å². The number of ether oxygens (including phenoxy) is 2. The van der Waals surface area contributed by atoms with Gasteiger partial charge in [-0.05, 0) is 34.6 Å². The van der Waals surface area contributed by atoms with Gasteiger partial charge in [0, 0.05) is 5.39 Å². The van der Waals surface area contributed by atoms with Crippen molar-refractivity contribution in [2.75, 3.05) is 13.7 Å². The maximum absolute atomic E-state index is 6.13. The van der Waals surface area contributed by atoms with Crippen molar-refractivity contribution in [3.63, 3.8) is 0 Å². The Morgan fingerprint density at radius 2 is 1.64 bits per heavy atom. The summed E-state index contributed by atoms with van der Waals surface area (Å²) in [5.41, 5.74) is 3.88. The van der Waals surface area contributed by atoms with Crippen LogP contribution >= 0.6 is 0 Å². The van der Waals surface area contributed by atoms with E-state index in [9.17, 15) is 0 Å². The first-order chi connectivity index (χ1) is 10.9. The zero-order valence-corrected chi connectivity index (χ0v) is 12.6. The van der Waals surface area contributed by atoms with Crippen LogP contribution in [-0.4, -0.2) is 13.7 Å². The summed E-state index contributed by atoms with van der Waals surface area (Å²) in [5.74, 6) is 0.906. The minimum Gasteiger partial charge on any atom is -0.496 e. The standard InChI is InChI=1S/C20H18O2/c1-21-19-11-10-18(16-8-4-5-9-17(16)19)20-15-7-3-2-6-14(15)12-13-22-20/h2-11,20H,12-13H2,1H3. The molecule has 110 valence electrons. The third-order valence-corrected chi connectivity index (χ3v) is 4.41. The first kappa shape index (κ1) is 13.4. The van der Waals surface area contributed by atoms with Gasteiger partial charge in [-0.15, -0.1) is 0 Å². The molecule has 1 heterocycles. The summed E-state index contributed by atoms with van der Waals surface area (Å²) in [5, 5.41) is 2.33. The molecule has 0 aliphatic carbocycles. The van der Waals surface area contributed by atoms with Gasteiger partial charge in [0.2, 0.25) is 0 Å². The fourth-order valence-corrected chi connectivity index (χ4v) is 3.35. The number of methoxy groups -OCH3 is 1. The van der Waals surface area contributed by atoms with E-state index in [0.717, 1.165) is 24.2 Å². The van der Waals surface area contributed by atoms with Crippen molar-refractivity contribution in [3.8, 4) is 5.75 Å². The molecule has 3 aromatic rings. The molecule has 0 N–H and O–H groups in total. The molecule has 1 aliphatic rings. The van der Waals surface area contributed by atoms with E-state index < -0.39 is 0 Å². The molecule has 1 unspecified atom stereocenters. The molecule has 3 aromatic carbocycles. The van der Waals surface area contributed by atoms with Gasteiger partial charge in [0.1, 0.15) is 11.9 Å². The molecular formula is C20H18O2. The highest BCUT2D eigenvalue weighted by Crippen LogP contribution is 2.38. The van der Waals surface area contributed by atoms with Crippen molar-refractivity contribution in [2.24, 2.45) is 0 Å². The lowest BCUT2D eigenvalue weighted by Gasteiger charge is -2.27. The average molecular weight is 290 g/mol. The molecule has 0 saturated carbocycles. The molecular weight excluding hydrogens is 272 g/mol. The van der Waals surface area contributed by atoms with Crippen LogP contribution in [0.2, 0.25) is 0 Å². The molecule has 0 bridgehead atoms. The summed E-state index contributed by atoms with van der Waals surface area (Å²) in [6.45, 7) is 0.766. The SMILES string of the molecule is COc1ccc(C2OCCc3ccccc32)c2ccccc12. The first-order valence-electron chi connectivity index (χ1n) is 7.63. The Bertz CT molecular complexity index is 823. The third kappa shape index (κ3) is 2.08. The summed E-state index contributed by atoms with van der Waals surface area (Å²) in [6.07, 6.45) is 0.988. The van der Waals surface area contributed by atoms with Crippen molar-refractivity contribution < 1.29 is 9.47 Å². The maximum atomic E-state index is 6.13. The molecule has 1 atom stereocenters. The Labute approximate surface area is 130 Å². The monoisotopic (exact) mass is 290 g/mol. The van der Waals surface area contributed by atoms with Crippen LogP contribution < -0.4 is 4.74 Å². The van der Waals surface area contributed by atoms with E-state index in [1.807, 2.05) is 12.1 Å². The van der Waals surface area contributed by atoms with E-state index in [1.54, 1.807) is 7.11 Å². The lowest BCUT2D eigenvalue weighted by molar-refractivity contribution is 0.0707. The van der Waals surface area contributed by atoms with E-state index >= 15 is 0 Å². The van der Waals surface area contributed by atoms with Crippen LogP contribution in [0.1, 0.15) is 22.8 Å². The van der Waals surface area contributed by atoms with Gasteiger partial charge in [-0.3, -0.25) is 0 Å². The molecule has 0 aromatic heterocycles. The highest BCUT2D eigenvalue weighted by Gasteiger charge is 2.24. The van der Waals surface area contributed by atoms with Gasteiger partial charge < -0.3 is 9.47 Å². The van der Waals surface area contributed by atoms with Crippen molar-refractivity contribution in [1.29, 1.82) is 0 Å². The summed E-state index contributed by atoms with van der Waals surface area (Å²) < 4.78 is 11.6. The summed E-state index contributed by atoms with van der Waals surface area (Å²) >= 11 is 0. The van der Waals surface area contributed by atoms with Crippen molar-refractivity contribution in [3.05, 3.63) is 77.4 Å². The van der Waals surface area contributed by atoms with Crippen LogP contribution in [-0.2, 0) is 11.2 Å². The molecule has 2 heteroatoms.